The number of rotatable bonds is 7. The number of halogens is 1. The van der Waals surface area contributed by atoms with Crippen molar-refractivity contribution in [2.75, 3.05) is 0 Å². The number of furan rings is 1. The van der Waals surface area contributed by atoms with Gasteiger partial charge < -0.3 is 14.0 Å². The molecule has 0 fully saturated rings. The van der Waals surface area contributed by atoms with E-state index in [1.165, 1.54) is 56.8 Å². The second-order valence-corrected chi connectivity index (χ2v) is 17.8. The number of pyridine rings is 1. The van der Waals surface area contributed by atoms with E-state index in [2.05, 4.69) is 185 Å². The number of nitrogens with zero attached hydrogens (tertiary/aromatic N) is 3. The molecule has 1 radical (unpaired) electrons. The molecule has 0 spiro atoms. The van der Waals surface area contributed by atoms with Gasteiger partial charge in [0.05, 0.1) is 22.4 Å². The minimum Gasteiger partial charge on any atom is -0.501 e. The predicted molar refractivity (Wildman–Crippen MR) is 259 cm³/mol. The second-order valence-electron chi connectivity index (χ2n) is 17.8. The molecule has 3 heterocycles. The first-order valence-electron chi connectivity index (χ1n) is 21.7. The monoisotopic (exact) mass is 1020 g/mol. The van der Waals surface area contributed by atoms with Crippen LogP contribution in [0.4, 0.5) is 4.39 Å². The van der Waals surface area contributed by atoms with Crippen LogP contribution in [0.15, 0.2) is 168 Å². The molecule has 0 aliphatic heterocycles. The third-order valence-electron chi connectivity index (χ3n) is 11.8. The van der Waals surface area contributed by atoms with E-state index in [1.807, 2.05) is 24.3 Å². The second kappa shape index (κ2) is 18.3. The van der Waals surface area contributed by atoms with Gasteiger partial charge in [-0.1, -0.05) is 150 Å². The minimum atomic E-state index is -0.278. The average Bonchev–Trinajstić information content (AvgIpc) is 3.88. The normalized spacial score (nSPS) is 11.6. The van der Waals surface area contributed by atoms with Gasteiger partial charge in [-0.25, -0.2) is 0 Å². The Kier molecular flexibility index (Phi) is 12.6. The summed E-state index contributed by atoms with van der Waals surface area (Å²) in [6.07, 6.45) is 1.70. The van der Waals surface area contributed by atoms with Gasteiger partial charge in [0.1, 0.15) is 5.58 Å². The Morgan fingerprint density at radius 2 is 1.30 bits per heavy atom. The quantitative estimate of drug-likeness (QED) is 0.149. The molecule has 0 saturated carbocycles. The van der Waals surface area contributed by atoms with E-state index in [1.54, 1.807) is 12.3 Å². The fraction of sp³-hybridized carbons (Fsp3) is 0.172. The summed E-state index contributed by atoms with van der Waals surface area (Å²) >= 11 is 0. The molecule has 0 amide bonds. The summed E-state index contributed by atoms with van der Waals surface area (Å²) in [5, 5.41) is 2.19. The first kappa shape index (κ1) is 44.2. The molecule has 321 valence electrons. The molecule has 6 heteroatoms. The maximum Gasteiger partial charge on any atom is 0.121 e. The maximum absolute atomic E-state index is 12.6. The summed E-state index contributed by atoms with van der Waals surface area (Å²) in [6, 6.07) is 59.9. The third kappa shape index (κ3) is 8.73. The largest absolute Gasteiger partial charge is 0.501 e. The van der Waals surface area contributed by atoms with Gasteiger partial charge in [0.25, 0.3) is 0 Å². The van der Waals surface area contributed by atoms with Gasteiger partial charge in [-0.2, -0.15) is 0 Å². The van der Waals surface area contributed by atoms with E-state index in [0.717, 1.165) is 55.6 Å². The molecule has 0 saturated heterocycles. The molecule has 0 aliphatic carbocycles. The first-order chi connectivity index (χ1) is 30.4. The summed E-state index contributed by atoms with van der Waals surface area (Å²) in [4.78, 5) is 9.45. The summed E-state index contributed by atoms with van der Waals surface area (Å²) in [5.41, 5.74) is 16.1. The Labute approximate surface area is 389 Å². The molecule has 7 aromatic carbocycles. The minimum absolute atomic E-state index is 0. The van der Waals surface area contributed by atoms with Crippen LogP contribution in [0.25, 0.3) is 83.6 Å². The molecule has 10 aromatic rings. The van der Waals surface area contributed by atoms with Gasteiger partial charge in [0.2, 0.25) is 0 Å². The number of para-hydroxylation sites is 2. The molecular formula is C58H50FIrN3O-2. The molecule has 3 aromatic heterocycles. The Morgan fingerprint density at radius 1 is 0.641 bits per heavy atom. The number of hydrogen-bond acceptors (Lipinski definition) is 3. The summed E-state index contributed by atoms with van der Waals surface area (Å²) in [6.45, 7) is 15.9. The average molecular weight is 1020 g/mol. The van der Waals surface area contributed by atoms with Crippen molar-refractivity contribution in [1.29, 1.82) is 0 Å². The van der Waals surface area contributed by atoms with Crippen molar-refractivity contribution in [2.45, 2.75) is 65.7 Å². The topological polar surface area (TPSA) is 43.9 Å². The van der Waals surface area contributed by atoms with E-state index in [0.29, 0.717) is 0 Å². The van der Waals surface area contributed by atoms with E-state index >= 15 is 0 Å². The van der Waals surface area contributed by atoms with E-state index in [4.69, 9.17) is 9.40 Å². The molecule has 0 bridgehead atoms. The zero-order valence-electron chi connectivity index (χ0n) is 37.2. The first-order valence-corrected chi connectivity index (χ1v) is 21.7. The molecule has 0 N–H and O–H groups in total. The Hall–Kier alpha value is -6.46. The van der Waals surface area contributed by atoms with Crippen LogP contribution in [0.5, 0.6) is 0 Å². The van der Waals surface area contributed by atoms with Gasteiger partial charge in [-0.3, -0.25) is 9.37 Å². The SMILES string of the molecule is CC(C)c1cc(-c2ccc(-c3ccccc3)cc2)cc(C(C)C)c1-n1c(-c2[c-]ccc3c2oc2cc(C(C)(C)C)ccc23)nc2ccccc21.Fc1c[c-]c(-c2ccccn2)cc1.[Ir]. The van der Waals surface area contributed by atoms with Crippen LogP contribution in [0.2, 0.25) is 0 Å². The van der Waals surface area contributed by atoms with Crippen LogP contribution in [-0.4, -0.2) is 14.5 Å². The molecule has 4 nitrogen and oxygen atoms in total. The van der Waals surface area contributed by atoms with Crippen molar-refractivity contribution < 1.29 is 28.9 Å². The van der Waals surface area contributed by atoms with Crippen LogP contribution in [0.3, 0.4) is 0 Å². The van der Waals surface area contributed by atoms with Gasteiger partial charge in [0.15, 0.2) is 0 Å². The number of hydrogen-bond donors (Lipinski definition) is 0. The van der Waals surface area contributed by atoms with Crippen molar-refractivity contribution in [2.24, 2.45) is 0 Å². The number of benzene rings is 7. The number of aromatic nitrogens is 3. The van der Waals surface area contributed by atoms with Crippen molar-refractivity contribution in [3.05, 3.63) is 199 Å². The Morgan fingerprint density at radius 3 is 1.94 bits per heavy atom. The molecule has 10 rings (SSSR count). The Balaban J connectivity index is 0.000000343. The summed E-state index contributed by atoms with van der Waals surface area (Å²) < 4.78 is 21.7. The standard InChI is InChI=1S/C47H43N2O.C11H7FN.Ir/c1-29(2)39-26-34(33-22-20-32(21-23-33)31-14-9-8-10-15-31)27-40(30(3)4)44(39)49-42-19-12-11-18-41(42)48-46(49)38-17-13-16-37-36-25-24-35(47(5,6)7)28-43(36)50-45(37)38;12-10-6-4-9(5-7-10)11-3-1-2-8-13-11;/h8-16,18-30H,1-7H3;1-4,6-8H;/q2*-1;. The van der Waals surface area contributed by atoms with Crippen molar-refractivity contribution in [3.63, 3.8) is 0 Å². The van der Waals surface area contributed by atoms with Gasteiger partial charge >= 0.3 is 0 Å². The van der Waals surface area contributed by atoms with Crippen LogP contribution in [0, 0.1) is 17.9 Å². The van der Waals surface area contributed by atoms with Crippen molar-refractivity contribution in [1.82, 2.24) is 14.5 Å². The van der Waals surface area contributed by atoms with Gasteiger partial charge in [0, 0.05) is 43.2 Å². The van der Waals surface area contributed by atoms with E-state index < -0.39 is 0 Å². The maximum atomic E-state index is 12.6. The Bertz CT molecular complexity index is 3170. The van der Waals surface area contributed by atoms with Crippen LogP contribution < -0.4 is 0 Å². The zero-order valence-corrected chi connectivity index (χ0v) is 39.6. The number of imidazole rings is 1. The van der Waals surface area contributed by atoms with Gasteiger partial charge in [-0.05, 0) is 98.3 Å². The fourth-order valence-corrected chi connectivity index (χ4v) is 8.35. The fourth-order valence-electron chi connectivity index (χ4n) is 8.35. The predicted octanol–water partition coefficient (Wildman–Crippen LogP) is 16.0. The van der Waals surface area contributed by atoms with Gasteiger partial charge in [-0.15, -0.1) is 48.0 Å². The molecular weight excluding hydrogens is 966 g/mol. The molecule has 0 aliphatic rings. The zero-order chi connectivity index (χ0) is 43.8. The van der Waals surface area contributed by atoms with Crippen molar-refractivity contribution in [3.8, 4) is 50.6 Å². The van der Waals surface area contributed by atoms with Crippen molar-refractivity contribution >= 4 is 33.0 Å². The van der Waals surface area contributed by atoms with Crippen LogP contribution in [0.1, 0.15) is 77.0 Å². The smallest absolute Gasteiger partial charge is 0.121 e. The van der Waals surface area contributed by atoms with E-state index in [-0.39, 0.29) is 43.2 Å². The molecule has 0 atom stereocenters. The molecule has 0 unspecified atom stereocenters. The summed E-state index contributed by atoms with van der Waals surface area (Å²) in [5.74, 6) is 1.10. The third-order valence-corrected chi connectivity index (χ3v) is 11.8. The number of fused-ring (bicyclic) bond motifs is 4. The summed E-state index contributed by atoms with van der Waals surface area (Å²) in [7, 11) is 0. The van der Waals surface area contributed by atoms with E-state index in [9.17, 15) is 4.39 Å². The van der Waals surface area contributed by atoms with Crippen LogP contribution >= 0.6 is 0 Å². The van der Waals surface area contributed by atoms with Crippen LogP contribution in [-0.2, 0) is 25.5 Å². The molecule has 64 heavy (non-hydrogen) atoms.